The number of aromatic nitrogens is 1. The van der Waals surface area contributed by atoms with E-state index in [2.05, 4.69) is 16.3 Å². The van der Waals surface area contributed by atoms with Crippen molar-refractivity contribution in [2.24, 2.45) is 5.92 Å². The molecule has 0 spiro atoms. The Morgan fingerprint density at radius 3 is 3.00 bits per heavy atom. The molecule has 5 heteroatoms. The molecule has 1 aromatic rings. The van der Waals surface area contributed by atoms with Gasteiger partial charge in [0, 0.05) is 18.9 Å². The molecule has 18 heavy (non-hydrogen) atoms. The molecule has 0 aliphatic carbocycles. The van der Waals surface area contributed by atoms with Crippen molar-refractivity contribution >= 4 is 17.7 Å². The van der Waals surface area contributed by atoms with Crippen LogP contribution in [-0.4, -0.2) is 30.5 Å². The molecule has 1 amide bonds. The molecule has 94 valence electrons. The van der Waals surface area contributed by atoms with E-state index in [1.54, 1.807) is 29.2 Å². The number of amides is 1. The molecule has 1 unspecified atom stereocenters. The number of pyridine rings is 1. The van der Waals surface area contributed by atoms with Gasteiger partial charge in [0.05, 0.1) is 7.11 Å². The van der Waals surface area contributed by atoms with Crippen LogP contribution >= 0.6 is 0 Å². The smallest absolute Gasteiger partial charge is 0.356 e. The van der Waals surface area contributed by atoms with Crippen molar-refractivity contribution < 1.29 is 14.3 Å². The number of ether oxygens (including phenoxy) is 1. The third kappa shape index (κ3) is 2.25. The van der Waals surface area contributed by atoms with Crippen molar-refractivity contribution in [3.05, 3.63) is 36.5 Å². The average molecular weight is 246 g/mol. The molecule has 1 fully saturated rings. The number of anilines is 1. The molecular weight excluding hydrogens is 232 g/mol. The SMILES string of the molecule is C=CC1CC(=O)N(c2cccc(C(=O)OC)n2)C1. The summed E-state index contributed by atoms with van der Waals surface area (Å²) in [6, 6.07) is 4.94. The summed E-state index contributed by atoms with van der Waals surface area (Å²) in [7, 11) is 1.30. The molecule has 2 heterocycles. The first-order valence-electron chi connectivity index (χ1n) is 5.64. The van der Waals surface area contributed by atoms with Gasteiger partial charge in [0.1, 0.15) is 5.82 Å². The van der Waals surface area contributed by atoms with Crippen LogP contribution in [0.1, 0.15) is 16.9 Å². The zero-order chi connectivity index (χ0) is 13.1. The Morgan fingerprint density at radius 2 is 2.39 bits per heavy atom. The van der Waals surface area contributed by atoms with Crippen LogP contribution in [0.15, 0.2) is 30.9 Å². The lowest BCUT2D eigenvalue weighted by Gasteiger charge is -2.15. The zero-order valence-corrected chi connectivity index (χ0v) is 10.1. The van der Waals surface area contributed by atoms with Crippen LogP contribution in [0.4, 0.5) is 5.82 Å². The number of hydrogen-bond donors (Lipinski definition) is 0. The monoisotopic (exact) mass is 246 g/mol. The first-order chi connectivity index (χ1) is 8.65. The van der Waals surface area contributed by atoms with Crippen LogP contribution in [0.2, 0.25) is 0 Å². The van der Waals surface area contributed by atoms with E-state index in [1.165, 1.54) is 7.11 Å². The lowest BCUT2D eigenvalue weighted by atomic mass is 10.1. The van der Waals surface area contributed by atoms with Gasteiger partial charge < -0.3 is 4.74 Å². The molecule has 1 aliphatic rings. The van der Waals surface area contributed by atoms with Crippen LogP contribution < -0.4 is 4.90 Å². The summed E-state index contributed by atoms with van der Waals surface area (Å²) < 4.78 is 4.60. The number of methoxy groups -OCH3 is 1. The fourth-order valence-corrected chi connectivity index (χ4v) is 1.91. The highest BCUT2D eigenvalue weighted by Gasteiger charge is 2.29. The van der Waals surface area contributed by atoms with E-state index >= 15 is 0 Å². The van der Waals surface area contributed by atoms with Crippen LogP contribution in [0.3, 0.4) is 0 Å². The number of carbonyl (C=O) groups is 2. The van der Waals surface area contributed by atoms with Gasteiger partial charge in [-0.1, -0.05) is 12.1 Å². The number of rotatable bonds is 3. The maximum Gasteiger partial charge on any atom is 0.356 e. The highest BCUT2D eigenvalue weighted by Crippen LogP contribution is 2.24. The minimum atomic E-state index is -0.510. The summed E-state index contributed by atoms with van der Waals surface area (Å²) in [6.45, 7) is 4.25. The molecule has 2 rings (SSSR count). The normalized spacial score (nSPS) is 18.8. The molecule has 1 saturated heterocycles. The second kappa shape index (κ2) is 5.00. The van der Waals surface area contributed by atoms with E-state index in [1.807, 2.05) is 0 Å². The molecule has 5 nitrogen and oxygen atoms in total. The van der Waals surface area contributed by atoms with Gasteiger partial charge in [0.2, 0.25) is 5.91 Å². The second-order valence-electron chi connectivity index (χ2n) is 4.08. The predicted molar refractivity (Wildman–Crippen MR) is 66.2 cm³/mol. The van der Waals surface area contributed by atoms with Crippen molar-refractivity contribution in [2.75, 3.05) is 18.6 Å². The van der Waals surface area contributed by atoms with Crippen molar-refractivity contribution in [1.82, 2.24) is 4.98 Å². The number of nitrogens with zero attached hydrogens (tertiary/aromatic N) is 2. The van der Waals surface area contributed by atoms with Crippen LogP contribution in [0, 0.1) is 5.92 Å². The summed E-state index contributed by atoms with van der Waals surface area (Å²) in [5.41, 5.74) is 0.199. The van der Waals surface area contributed by atoms with Gasteiger partial charge in [0.25, 0.3) is 0 Å². The maximum absolute atomic E-state index is 11.8. The Balaban J connectivity index is 2.26. The Kier molecular flexibility index (Phi) is 3.41. The van der Waals surface area contributed by atoms with Gasteiger partial charge in [0.15, 0.2) is 5.69 Å². The van der Waals surface area contributed by atoms with Gasteiger partial charge >= 0.3 is 5.97 Å². The Bertz CT molecular complexity index is 499. The molecule has 0 bridgehead atoms. The molecule has 1 atom stereocenters. The lowest BCUT2D eigenvalue weighted by Crippen LogP contribution is -2.26. The Hall–Kier alpha value is -2.17. The minimum Gasteiger partial charge on any atom is -0.464 e. The summed E-state index contributed by atoms with van der Waals surface area (Å²) in [6.07, 6.45) is 2.20. The quantitative estimate of drug-likeness (QED) is 0.597. The first-order valence-corrected chi connectivity index (χ1v) is 5.64. The third-order valence-corrected chi connectivity index (χ3v) is 2.89. The van der Waals surface area contributed by atoms with E-state index in [0.29, 0.717) is 18.8 Å². The van der Waals surface area contributed by atoms with Gasteiger partial charge in [-0.2, -0.15) is 0 Å². The van der Waals surface area contributed by atoms with Gasteiger partial charge in [-0.25, -0.2) is 9.78 Å². The van der Waals surface area contributed by atoms with Crippen LogP contribution in [-0.2, 0) is 9.53 Å². The highest BCUT2D eigenvalue weighted by molar-refractivity contribution is 5.96. The minimum absolute atomic E-state index is 0.00517. The van der Waals surface area contributed by atoms with E-state index in [0.717, 1.165) is 0 Å². The average Bonchev–Trinajstić information content (AvgIpc) is 2.79. The summed E-state index contributed by atoms with van der Waals surface area (Å²) >= 11 is 0. The molecule has 0 radical (unpaired) electrons. The van der Waals surface area contributed by atoms with Crippen LogP contribution in [0.25, 0.3) is 0 Å². The topological polar surface area (TPSA) is 59.5 Å². The van der Waals surface area contributed by atoms with E-state index in [9.17, 15) is 9.59 Å². The maximum atomic E-state index is 11.8. The van der Waals surface area contributed by atoms with E-state index in [-0.39, 0.29) is 17.5 Å². The van der Waals surface area contributed by atoms with Crippen molar-refractivity contribution in [3.8, 4) is 0 Å². The van der Waals surface area contributed by atoms with Gasteiger partial charge in [-0.3, -0.25) is 9.69 Å². The Morgan fingerprint density at radius 1 is 1.61 bits per heavy atom. The summed E-state index contributed by atoms with van der Waals surface area (Å²) in [5.74, 6) is 0.103. The van der Waals surface area contributed by atoms with Crippen molar-refractivity contribution in [3.63, 3.8) is 0 Å². The molecular formula is C13H14N2O3. The van der Waals surface area contributed by atoms with Crippen LogP contribution in [0.5, 0.6) is 0 Å². The predicted octanol–water partition coefficient (Wildman–Crippen LogP) is 1.41. The van der Waals surface area contributed by atoms with E-state index < -0.39 is 5.97 Å². The fraction of sp³-hybridized carbons (Fsp3) is 0.308. The number of hydrogen-bond acceptors (Lipinski definition) is 4. The number of esters is 1. The van der Waals surface area contributed by atoms with Gasteiger partial charge in [-0.15, -0.1) is 6.58 Å². The molecule has 1 aromatic heterocycles. The van der Waals surface area contributed by atoms with E-state index in [4.69, 9.17) is 0 Å². The fourth-order valence-electron chi connectivity index (χ4n) is 1.91. The highest BCUT2D eigenvalue weighted by atomic mass is 16.5. The standard InChI is InChI=1S/C13H14N2O3/c1-3-9-7-12(16)15(8-9)11-6-4-5-10(14-11)13(17)18-2/h3-6,9H,1,7-8H2,2H3. The molecule has 0 N–H and O–H groups in total. The third-order valence-electron chi connectivity index (χ3n) is 2.89. The Labute approximate surface area is 105 Å². The zero-order valence-electron chi connectivity index (χ0n) is 10.1. The molecule has 1 aliphatic heterocycles. The number of carbonyl (C=O) groups excluding carboxylic acids is 2. The summed E-state index contributed by atoms with van der Waals surface area (Å²) in [5, 5.41) is 0. The molecule has 0 aromatic carbocycles. The van der Waals surface area contributed by atoms with Crippen molar-refractivity contribution in [1.29, 1.82) is 0 Å². The molecule has 0 saturated carbocycles. The summed E-state index contributed by atoms with van der Waals surface area (Å²) in [4.78, 5) is 28.9. The van der Waals surface area contributed by atoms with Crippen molar-refractivity contribution in [2.45, 2.75) is 6.42 Å². The largest absolute Gasteiger partial charge is 0.464 e. The first kappa shape index (κ1) is 12.3. The van der Waals surface area contributed by atoms with Gasteiger partial charge in [-0.05, 0) is 12.1 Å². The second-order valence-corrected chi connectivity index (χ2v) is 4.08. The lowest BCUT2D eigenvalue weighted by molar-refractivity contribution is -0.117.